The van der Waals surface area contributed by atoms with E-state index in [0.29, 0.717) is 5.57 Å². The summed E-state index contributed by atoms with van der Waals surface area (Å²) >= 11 is 0. The monoisotopic (exact) mass is 384 g/mol. The molecule has 1 aromatic rings. The minimum atomic E-state index is -0.797. The molecule has 1 heterocycles. The molecule has 146 valence electrons. The molecule has 1 aromatic carbocycles. The van der Waals surface area contributed by atoms with Crippen LogP contribution in [0.4, 0.5) is 5.69 Å². The number of allylic oxidation sites excluding steroid dienone is 4. The summed E-state index contributed by atoms with van der Waals surface area (Å²) in [6, 6.07) is 14.0. The second-order valence-corrected chi connectivity index (χ2v) is 6.92. The lowest BCUT2D eigenvalue weighted by atomic mass is 9.94. The van der Waals surface area contributed by atoms with E-state index >= 15 is 0 Å². The van der Waals surface area contributed by atoms with Crippen molar-refractivity contribution < 1.29 is 4.74 Å². The molecule has 0 fully saturated rings. The zero-order chi connectivity index (χ0) is 21.4. The molecule has 0 saturated carbocycles. The quantitative estimate of drug-likeness (QED) is 0.507. The Balaban J connectivity index is 2.25. The highest BCUT2D eigenvalue weighted by Crippen LogP contribution is 2.40. The maximum atomic E-state index is 9.53. The second-order valence-electron chi connectivity index (χ2n) is 6.92. The van der Waals surface area contributed by atoms with Gasteiger partial charge in [-0.2, -0.15) is 15.8 Å². The zero-order valence-corrected chi connectivity index (χ0v) is 17.2. The van der Waals surface area contributed by atoms with Gasteiger partial charge in [-0.1, -0.05) is 36.4 Å². The fourth-order valence-electron chi connectivity index (χ4n) is 3.19. The SMILES string of the molecule is CCN(CC)c1ccc(C=CC=CC2=C(C#N)C(=C(C#N)C#N)OC2(C)C)cc1. The summed E-state index contributed by atoms with van der Waals surface area (Å²) < 4.78 is 5.74. The van der Waals surface area contributed by atoms with Gasteiger partial charge in [0.05, 0.1) is 0 Å². The molecule has 0 aromatic heterocycles. The van der Waals surface area contributed by atoms with E-state index in [1.165, 1.54) is 5.69 Å². The van der Waals surface area contributed by atoms with Crippen LogP contribution in [-0.4, -0.2) is 18.7 Å². The molecule has 1 aliphatic heterocycles. The minimum Gasteiger partial charge on any atom is -0.480 e. The third-order valence-corrected chi connectivity index (χ3v) is 4.75. The average molecular weight is 384 g/mol. The van der Waals surface area contributed by atoms with Gasteiger partial charge in [-0.15, -0.1) is 0 Å². The summed E-state index contributed by atoms with van der Waals surface area (Å²) in [6.07, 6.45) is 7.49. The molecule has 1 aliphatic rings. The molecule has 29 heavy (non-hydrogen) atoms. The molecule has 0 unspecified atom stereocenters. The number of rotatable bonds is 6. The Bertz CT molecular complexity index is 983. The zero-order valence-electron chi connectivity index (χ0n) is 17.2. The fraction of sp³-hybridized carbons (Fsp3) is 0.292. The van der Waals surface area contributed by atoms with Gasteiger partial charge in [0.1, 0.15) is 29.4 Å². The van der Waals surface area contributed by atoms with Gasteiger partial charge in [-0.3, -0.25) is 0 Å². The standard InChI is InChI=1S/C24H24N4O/c1-5-28(6-2)20-13-11-18(12-14-20)9-7-8-10-22-21(17-27)23(19(15-25)16-26)29-24(22,3)4/h7-14H,5-6H2,1-4H3. The summed E-state index contributed by atoms with van der Waals surface area (Å²) in [5.41, 5.74) is 2.14. The van der Waals surface area contributed by atoms with Crippen LogP contribution < -0.4 is 4.90 Å². The largest absolute Gasteiger partial charge is 0.480 e. The lowest BCUT2D eigenvalue weighted by Gasteiger charge is -2.20. The summed E-state index contributed by atoms with van der Waals surface area (Å²) in [5.74, 6) is 0.0538. The van der Waals surface area contributed by atoms with E-state index in [1.807, 2.05) is 18.2 Å². The average Bonchev–Trinajstić information content (AvgIpc) is 2.98. The van der Waals surface area contributed by atoms with Crippen molar-refractivity contribution in [2.24, 2.45) is 0 Å². The Hall–Kier alpha value is -3.75. The maximum Gasteiger partial charge on any atom is 0.172 e. The molecule has 0 amide bonds. The lowest BCUT2D eigenvalue weighted by Crippen LogP contribution is -2.21. The Morgan fingerprint density at radius 2 is 1.59 bits per heavy atom. The van der Waals surface area contributed by atoms with Crippen molar-refractivity contribution in [2.45, 2.75) is 33.3 Å². The molecular weight excluding hydrogens is 360 g/mol. The van der Waals surface area contributed by atoms with E-state index in [-0.39, 0.29) is 16.9 Å². The number of anilines is 1. The van der Waals surface area contributed by atoms with Gasteiger partial charge in [-0.25, -0.2) is 0 Å². The fourth-order valence-corrected chi connectivity index (χ4v) is 3.19. The van der Waals surface area contributed by atoms with E-state index in [4.69, 9.17) is 15.3 Å². The smallest absolute Gasteiger partial charge is 0.172 e. The minimum absolute atomic E-state index is 0.0538. The molecule has 0 saturated heterocycles. The molecule has 0 bridgehead atoms. The van der Waals surface area contributed by atoms with Gasteiger partial charge < -0.3 is 9.64 Å². The summed E-state index contributed by atoms with van der Waals surface area (Å²) in [4.78, 5) is 2.29. The molecular formula is C24H24N4O. The summed E-state index contributed by atoms with van der Waals surface area (Å²) in [5, 5.41) is 27.7. The van der Waals surface area contributed by atoms with E-state index < -0.39 is 5.60 Å². The third kappa shape index (κ3) is 4.75. The topological polar surface area (TPSA) is 83.8 Å². The van der Waals surface area contributed by atoms with Crippen LogP contribution in [0.3, 0.4) is 0 Å². The van der Waals surface area contributed by atoms with Gasteiger partial charge in [0.2, 0.25) is 0 Å². The number of hydrogen-bond acceptors (Lipinski definition) is 5. The van der Waals surface area contributed by atoms with Crippen molar-refractivity contribution in [1.82, 2.24) is 0 Å². The van der Waals surface area contributed by atoms with Crippen LogP contribution in [0.15, 0.2) is 65.0 Å². The number of benzene rings is 1. The predicted octanol–water partition coefficient (Wildman–Crippen LogP) is 5.03. The van der Waals surface area contributed by atoms with Gasteiger partial charge in [-0.05, 0) is 45.4 Å². The highest BCUT2D eigenvalue weighted by molar-refractivity contribution is 5.61. The molecule has 2 rings (SSSR count). The van der Waals surface area contributed by atoms with Crippen molar-refractivity contribution in [3.05, 3.63) is 70.5 Å². The van der Waals surface area contributed by atoms with Gasteiger partial charge >= 0.3 is 0 Å². The third-order valence-electron chi connectivity index (χ3n) is 4.75. The van der Waals surface area contributed by atoms with E-state index in [0.717, 1.165) is 18.7 Å². The van der Waals surface area contributed by atoms with Gasteiger partial charge in [0.15, 0.2) is 11.3 Å². The first-order valence-electron chi connectivity index (χ1n) is 9.50. The van der Waals surface area contributed by atoms with Gasteiger partial charge in [0, 0.05) is 24.4 Å². The van der Waals surface area contributed by atoms with E-state index in [2.05, 4.69) is 49.1 Å². The first-order chi connectivity index (χ1) is 13.9. The summed E-state index contributed by atoms with van der Waals surface area (Å²) in [7, 11) is 0. The number of nitrogens with zero attached hydrogens (tertiary/aromatic N) is 4. The Kier molecular flexibility index (Phi) is 7.02. The molecule has 0 radical (unpaired) electrons. The first-order valence-corrected chi connectivity index (χ1v) is 9.50. The van der Waals surface area contributed by atoms with Crippen molar-refractivity contribution in [2.75, 3.05) is 18.0 Å². The molecule has 5 nitrogen and oxygen atoms in total. The van der Waals surface area contributed by atoms with Crippen molar-refractivity contribution >= 4 is 11.8 Å². The van der Waals surface area contributed by atoms with E-state index in [1.54, 1.807) is 32.1 Å². The second kappa shape index (κ2) is 9.45. The number of ether oxygens (including phenoxy) is 1. The van der Waals surface area contributed by atoms with Crippen LogP contribution in [0.5, 0.6) is 0 Å². The summed E-state index contributed by atoms with van der Waals surface area (Å²) in [6.45, 7) is 9.82. The Morgan fingerprint density at radius 1 is 1.00 bits per heavy atom. The molecule has 5 heteroatoms. The highest BCUT2D eigenvalue weighted by atomic mass is 16.5. The Morgan fingerprint density at radius 3 is 2.10 bits per heavy atom. The normalized spacial score (nSPS) is 15.1. The van der Waals surface area contributed by atoms with Crippen LogP contribution in [0, 0.1) is 34.0 Å². The van der Waals surface area contributed by atoms with Crippen LogP contribution >= 0.6 is 0 Å². The molecule has 0 N–H and O–H groups in total. The predicted molar refractivity (Wildman–Crippen MR) is 114 cm³/mol. The number of hydrogen-bond donors (Lipinski definition) is 0. The van der Waals surface area contributed by atoms with Crippen LogP contribution in [0.2, 0.25) is 0 Å². The number of nitriles is 3. The highest BCUT2D eigenvalue weighted by Gasteiger charge is 2.38. The van der Waals surface area contributed by atoms with Gasteiger partial charge in [0.25, 0.3) is 0 Å². The maximum absolute atomic E-state index is 9.53. The van der Waals surface area contributed by atoms with Crippen molar-refractivity contribution in [1.29, 1.82) is 15.8 Å². The lowest BCUT2D eigenvalue weighted by molar-refractivity contribution is 0.0954. The molecule has 0 aliphatic carbocycles. The Labute approximate surface area is 172 Å². The molecule has 0 atom stereocenters. The van der Waals surface area contributed by atoms with Crippen LogP contribution in [-0.2, 0) is 4.74 Å². The van der Waals surface area contributed by atoms with E-state index in [9.17, 15) is 5.26 Å². The van der Waals surface area contributed by atoms with Crippen molar-refractivity contribution in [3.63, 3.8) is 0 Å². The van der Waals surface area contributed by atoms with Crippen molar-refractivity contribution in [3.8, 4) is 18.2 Å². The van der Waals surface area contributed by atoms with Crippen LogP contribution in [0.25, 0.3) is 6.08 Å². The first kappa shape index (κ1) is 21.5. The van der Waals surface area contributed by atoms with Crippen LogP contribution in [0.1, 0.15) is 33.3 Å². The molecule has 0 spiro atoms.